The predicted molar refractivity (Wildman–Crippen MR) is 85.0 cm³/mol. The van der Waals surface area contributed by atoms with E-state index in [1.165, 1.54) is 18.4 Å². The van der Waals surface area contributed by atoms with Crippen LogP contribution in [0.4, 0.5) is 0 Å². The predicted octanol–water partition coefficient (Wildman–Crippen LogP) is 2.23. The van der Waals surface area contributed by atoms with Gasteiger partial charge in [-0.1, -0.05) is 54.2 Å². The maximum Gasteiger partial charge on any atom is 0.209 e. The van der Waals surface area contributed by atoms with E-state index in [4.69, 9.17) is 0 Å². The molecule has 0 spiro atoms. The van der Waals surface area contributed by atoms with Crippen molar-refractivity contribution < 1.29 is 0 Å². The van der Waals surface area contributed by atoms with Gasteiger partial charge in [0.1, 0.15) is 0 Å². The molecule has 1 aromatic carbocycles. The van der Waals surface area contributed by atoms with Crippen LogP contribution < -0.4 is 5.32 Å². The van der Waals surface area contributed by atoms with Crippen molar-refractivity contribution in [2.24, 2.45) is 0 Å². The zero-order valence-electron chi connectivity index (χ0n) is 11.9. The van der Waals surface area contributed by atoms with Crippen LogP contribution in [0.25, 0.3) is 6.08 Å². The first kappa shape index (κ1) is 14.3. The van der Waals surface area contributed by atoms with E-state index in [9.17, 15) is 0 Å². The number of hydrogen-bond donors (Lipinski definition) is 1. The van der Waals surface area contributed by atoms with E-state index in [1.807, 2.05) is 22.9 Å². The smallest absolute Gasteiger partial charge is 0.209 e. The third-order valence-electron chi connectivity index (χ3n) is 3.25. The fourth-order valence-corrected chi connectivity index (χ4v) is 2.69. The minimum absolute atomic E-state index is 0.728. The van der Waals surface area contributed by atoms with Crippen LogP contribution in [0.1, 0.15) is 18.4 Å². The number of benzene rings is 1. The molecule has 0 amide bonds. The second kappa shape index (κ2) is 7.38. The van der Waals surface area contributed by atoms with E-state index < -0.39 is 0 Å². The number of nitrogens with one attached hydrogen (secondary N) is 1. The molecule has 0 radical (unpaired) electrons. The molecule has 1 fully saturated rings. The van der Waals surface area contributed by atoms with Gasteiger partial charge in [0, 0.05) is 18.3 Å². The molecule has 3 rings (SSSR count). The van der Waals surface area contributed by atoms with Gasteiger partial charge >= 0.3 is 0 Å². The highest BCUT2D eigenvalue weighted by Crippen LogP contribution is 2.18. The fraction of sp³-hybridized carbons (Fsp3) is 0.400. The van der Waals surface area contributed by atoms with Crippen LogP contribution in [-0.2, 0) is 6.54 Å². The molecule has 110 valence electrons. The number of hydrogen-bond acceptors (Lipinski definition) is 5. The average molecular weight is 301 g/mol. The molecule has 5 nitrogen and oxygen atoms in total. The molecule has 1 heterocycles. The Morgan fingerprint density at radius 2 is 2.14 bits per heavy atom. The molecule has 1 aromatic heterocycles. The number of aromatic nitrogens is 4. The summed E-state index contributed by atoms with van der Waals surface area (Å²) in [4.78, 5) is 0. The maximum absolute atomic E-state index is 4.08. The first-order valence-electron chi connectivity index (χ1n) is 7.26. The van der Waals surface area contributed by atoms with Crippen LogP contribution in [-0.4, -0.2) is 38.5 Å². The first-order valence-corrected chi connectivity index (χ1v) is 8.24. The summed E-state index contributed by atoms with van der Waals surface area (Å²) < 4.78 is 1.87. The fourth-order valence-electron chi connectivity index (χ4n) is 1.97. The highest BCUT2D eigenvalue weighted by Gasteiger charge is 2.19. The Morgan fingerprint density at radius 3 is 2.95 bits per heavy atom. The van der Waals surface area contributed by atoms with E-state index in [2.05, 4.69) is 45.1 Å². The van der Waals surface area contributed by atoms with Gasteiger partial charge in [0.25, 0.3) is 0 Å². The highest BCUT2D eigenvalue weighted by molar-refractivity contribution is 7.99. The zero-order chi connectivity index (χ0) is 14.3. The van der Waals surface area contributed by atoms with Gasteiger partial charge in [-0.3, -0.25) is 0 Å². The third-order valence-corrected chi connectivity index (χ3v) is 4.16. The summed E-state index contributed by atoms with van der Waals surface area (Å²) in [5.74, 6) is 0.866. The standard InChI is InChI=1S/C15H19N5S/c1-2-5-13(6-3-1)7-4-12-21-15-17-18-19-20(15)11-10-16-14-8-9-14/h1-7,14,16H,8-12H2. The molecule has 1 aliphatic rings. The van der Waals surface area contributed by atoms with Gasteiger partial charge in [-0.15, -0.1) is 5.10 Å². The van der Waals surface area contributed by atoms with Crippen molar-refractivity contribution in [3.63, 3.8) is 0 Å². The minimum atomic E-state index is 0.728. The van der Waals surface area contributed by atoms with Crippen molar-refractivity contribution in [1.82, 2.24) is 25.5 Å². The molecule has 0 atom stereocenters. The van der Waals surface area contributed by atoms with Gasteiger partial charge in [0.15, 0.2) is 0 Å². The van der Waals surface area contributed by atoms with E-state index in [0.29, 0.717) is 0 Å². The largest absolute Gasteiger partial charge is 0.312 e. The van der Waals surface area contributed by atoms with Gasteiger partial charge in [0.2, 0.25) is 5.16 Å². The van der Waals surface area contributed by atoms with Gasteiger partial charge < -0.3 is 5.32 Å². The number of thioether (sulfide) groups is 1. The summed E-state index contributed by atoms with van der Waals surface area (Å²) in [6, 6.07) is 11.0. The molecule has 6 heteroatoms. The summed E-state index contributed by atoms with van der Waals surface area (Å²) >= 11 is 1.66. The normalized spacial score (nSPS) is 14.9. The Labute approximate surface area is 128 Å². The van der Waals surface area contributed by atoms with Crippen LogP contribution in [0.3, 0.4) is 0 Å². The van der Waals surface area contributed by atoms with Gasteiger partial charge in [-0.05, 0) is 28.8 Å². The molecule has 0 bridgehead atoms. The molecule has 2 aromatic rings. The Hall–Kier alpha value is -1.66. The Bertz CT molecular complexity index is 577. The van der Waals surface area contributed by atoms with Gasteiger partial charge in [0.05, 0.1) is 6.54 Å². The summed E-state index contributed by atoms with van der Waals surface area (Å²) in [5.41, 5.74) is 1.21. The topological polar surface area (TPSA) is 55.6 Å². The molecule has 0 aliphatic heterocycles. The molecule has 0 saturated heterocycles. The molecule has 1 aliphatic carbocycles. The second-order valence-electron chi connectivity index (χ2n) is 5.04. The lowest BCUT2D eigenvalue weighted by Crippen LogP contribution is -2.22. The molecule has 1 saturated carbocycles. The summed E-state index contributed by atoms with van der Waals surface area (Å²) in [6.07, 6.45) is 6.88. The molecular formula is C15H19N5S. The monoisotopic (exact) mass is 301 g/mol. The van der Waals surface area contributed by atoms with E-state index in [1.54, 1.807) is 11.8 Å². The van der Waals surface area contributed by atoms with Crippen molar-refractivity contribution in [3.05, 3.63) is 42.0 Å². The lowest BCUT2D eigenvalue weighted by Gasteiger charge is -2.04. The van der Waals surface area contributed by atoms with Crippen LogP contribution in [0, 0.1) is 0 Å². The van der Waals surface area contributed by atoms with Crippen molar-refractivity contribution >= 4 is 17.8 Å². The minimum Gasteiger partial charge on any atom is -0.312 e. The van der Waals surface area contributed by atoms with Crippen LogP contribution in [0.15, 0.2) is 41.6 Å². The van der Waals surface area contributed by atoms with E-state index >= 15 is 0 Å². The summed E-state index contributed by atoms with van der Waals surface area (Å²) in [5, 5.41) is 16.2. The molecular weight excluding hydrogens is 282 g/mol. The van der Waals surface area contributed by atoms with Crippen molar-refractivity contribution in [2.45, 2.75) is 30.6 Å². The van der Waals surface area contributed by atoms with Crippen molar-refractivity contribution in [1.29, 1.82) is 0 Å². The molecule has 0 unspecified atom stereocenters. The van der Waals surface area contributed by atoms with E-state index in [0.717, 1.165) is 30.0 Å². The van der Waals surface area contributed by atoms with Gasteiger partial charge in [-0.2, -0.15) is 0 Å². The number of tetrazole rings is 1. The van der Waals surface area contributed by atoms with Gasteiger partial charge in [-0.25, -0.2) is 4.68 Å². The number of rotatable bonds is 8. The van der Waals surface area contributed by atoms with Crippen LogP contribution in [0.2, 0.25) is 0 Å². The molecule has 1 N–H and O–H groups in total. The maximum atomic E-state index is 4.08. The van der Waals surface area contributed by atoms with Crippen molar-refractivity contribution in [2.75, 3.05) is 12.3 Å². The quantitative estimate of drug-likeness (QED) is 0.758. The average Bonchev–Trinajstić information content (AvgIpc) is 3.23. The third kappa shape index (κ3) is 4.68. The lowest BCUT2D eigenvalue weighted by molar-refractivity contribution is 0.510. The number of nitrogens with zero attached hydrogens (tertiary/aromatic N) is 4. The van der Waals surface area contributed by atoms with E-state index in [-0.39, 0.29) is 0 Å². The SMILES string of the molecule is C(=Cc1ccccc1)CSc1nnnn1CCNC1CC1. The zero-order valence-corrected chi connectivity index (χ0v) is 12.7. The van der Waals surface area contributed by atoms with Crippen LogP contribution >= 0.6 is 11.8 Å². The second-order valence-corrected chi connectivity index (χ2v) is 6.02. The summed E-state index contributed by atoms with van der Waals surface area (Å²) in [7, 11) is 0. The highest BCUT2D eigenvalue weighted by atomic mass is 32.2. The lowest BCUT2D eigenvalue weighted by atomic mass is 10.2. The Kier molecular flexibility index (Phi) is 5.02. The van der Waals surface area contributed by atoms with Crippen molar-refractivity contribution in [3.8, 4) is 0 Å². The van der Waals surface area contributed by atoms with Crippen LogP contribution in [0.5, 0.6) is 0 Å². The Morgan fingerprint density at radius 1 is 1.29 bits per heavy atom. The Balaban J connectivity index is 1.44. The molecule has 21 heavy (non-hydrogen) atoms. The summed E-state index contributed by atoms with van der Waals surface area (Å²) in [6.45, 7) is 1.76. The first-order chi connectivity index (χ1) is 10.4.